The second kappa shape index (κ2) is 6.96. The maximum atomic E-state index is 12.1. The van der Waals surface area contributed by atoms with Crippen molar-refractivity contribution < 1.29 is 9.90 Å². The molecule has 2 unspecified atom stereocenters. The molecule has 0 radical (unpaired) electrons. The highest BCUT2D eigenvalue weighted by atomic mass is 32.2. The maximum Gasteiger partial charge on any atom is 0.230 e. The third-order valence-electron chi connectivity index (χ3n) is 3.48. The van der Waals surface area contributed by atoms with Gasteiger partial charge in [0, 0.05) is 11.4 Å². The number of benzene rings is 1. The lowest BCUT2D eigenvalue weighted by molar-refractivity contribution is -0.122. The molecule has 1 saturated carbocycles. The average Bonchev–Trinajstić information content (AvgIpc) is 2.83. The van der Waals surface area contributed by atoms with E-state index in [9.17, 15) is 9.90 Å². The summed E-state index contributed by atoms with van der Waals surface area (Å²) in [7, 11) is 0. The van der Waals surface area contributed by atoms with E-state index in [4.69, 9.17) is 0 Å². The van der Waals surface area contributed by atoms with Crippen LogP contribution in [-0.2, 0) is 10.5 Å². The highest BCUT2D eigenvalue weighted by Gasteiger charge is 2.31. The molecule has 1 aliphatic rings. The smallest absolute Gasteiger partial charge is 0.230 e. The molecule has 4 heteroatoms. The molecule has 1 aromatic rings. The fourth-order valence-corrected chi connectivity index (χ4v) is 3.06. The van der Waals surface area contributed by atoms with Crippen molar-refractivity contribution >= 4 is 23.4 Å². The summed E-state index contributed by atoms with van der Waals surface area (Å²) in [5, 5.41) is 12.7. The molecule has 0 bridgehead atoms. The van der Waals surface area contributed by atoms with Crippen LogP contribution >= 0.6 is 11.8 Å². The number of carbonyl (C=O) groups excluding carboxylic acids is 1. The number of hydrogen-bond donors (Lipinski definition) is 2. The van der Waals surface area contributed by atoms with Crippen LogP contribution in [0.2, 0.25) is 0 Å². The highest BCUT2D eigenvalue weighted by molar-refractivity contribution is 7.98. The molecule has 104 valence electrons. The molecule has 2 rings (SSSR count). The van der Waals surface area contributed by atoms with E-state index >= 15 is 0 Å². The number of amides is 1. The third kappa shape index (κ3) is 3.98. The van der Waals surface area contributed by atoms with Gasteiger partial charge in [-0.15, -0.1) is 0 Å². The number of rotatable bonds is 5. The van der Waals surface area contributed by atoms with E-state index in [1.165, 1.54) is 5.56 Å². The van der Waals surface area contributed by atoms with Gasteiger partial charge in [-0.2, -0.15) is 11.8 Å². The summed E-state index contributed by atoms with van der Waals surface area (Å²) in [5.74, 6) is 1.76. The van der Waals surface area contributed by atoms with Gasteiger partial charge in [0.15, 0.2) is 0 Å². The first-order chi connectivity index (χ1) is 9.20. The van der Waals surface area contributed by atoms with Crippen LogP contribution in [-0.4, -0.2) is 22.9 Å². The summed E-state index contributed by atoms with van der Waals surface area (Å²) in [4.78, 5) is 12.1. The van der Waals surface area contributed by atoms with Gasteiger partial charge in [0.05, 0.1) is 12.0 Å². The first kappa shape index (κ1) is 14.4. The zero-order chi connectivity index (χ0) is 13.7. The van der Waals surface area contributed by atoms with Crippen LogP contribution in [0.15, 0.2) is 24.3 Å². The molecule has 0 spiro atoms. The molecule has 1 aliphatic carbocycles. The molecule has 19 heavy (non-hydrogen) atoms. The van der Waals surface area contributed by atoms with Crippen LogP contribution in [0.3, 0.4) is 0 Å². The average molecular weight is 279 g/mol. The van der Waals surface area contributed by atoms with Crippen molar-refractivity contribution in [2.24, 2.45) is 5.92 Å². The Balaban J connectivity index is 1.96. The Morgan fingerprint density at radius 3 is 3.00 bits per heavy atom. The predicted molar refractivity (Wildman–Crippen MR) is 80.3 cm³/mol. The number of aliphatic hydroxyl groups is 1. The second-order valence-corrected chi connectivity index (χ2v) is 6.21. The second-order valence-electron chi connectivity index (χ2n) is 4.93. The maximum absolute atomic E-state index is 12.1. The topological polar surface area (TPSA) is 49.3 Å². The number of anilines is 1. The van der Waals surface area contributed by atoms with Crippen molar-refractivity contribution in [3.63, 3.8) is 0 Å². The monoisotopic (exact) mass is 279 g/mol. The van der Waals surface area contributed by atoms with Crippen molar-refractivity contribution in [1.82, 2.24) is 0 Å². The van der Waals surface area contributed by atoms with Gasteiger partial charge in [-0.05, 0) is 42.7 Å². The summed E-state index contributed by atoms with van der Waals surface area (Å²) in [6, 6.07) is 7.95. The molecule has 2 N–H and O–H groups in total. The Morgan fingerprint density at radius 1 is 1.47 bits per heavy atom. The van der Waals surface area contributed by atoms with E-state index in [1.54, 1.807) is 0 Å². The Labute approximate surface area is 118 Å². The number of hydrogen-bond acceptors (Lipinski definition) is 3. The minimum absolute atomic E-state index is 0.0507. The van der Waals surface area contributed by atoms with E-state index in [-0.39, 0.29) is 11.8 Å². The molecule has 0 aromatic heterocycles. The number of thioether (sulfide) groups is 1. The van der Waals surface area contributed by atoms with Crippen LogP contribution < -0.4 is 5.32 Å². The number of nitrogens with one attached hydrogen (secondary N) is 1. The van der Waals surface area contributed by atoms with Crippen LogP contribution in [0.25, 0.3) is 0 Å². The Morgan fingerprint density at radius 2 is 2.32 bits per heavy atom. The standard InChI is InChI=1S/C15H21NO2S/c1-2-19-10-11-5-3-6-12(9-11)16-15(18)13-7-4-8-14(13)17/h3,5-6,9,13-14,17H,2,4,7-8,10H2,1H3,(H,16,18). The number of carbonyl (C=O) groups is 1. The highest BCUT2D eigenvalue weighted by Crippen LogP contribution is 2.27. The summed E-state index contributed by atoms with van der Waals surface area (Å²) in [5.41, 5.74) is 2.05. The molecular weight excluding hydrogens is 258 g/mol. The minimum Gasteiger partial charge on any atom is -0.392 e. The summed E-state index contributed by atoms with van der Waals surface area (Å²) in [6.07, 6.45) is 2.00. The van der Waals surface area contributed by atoms with Gasteiger partial charge in [0.25, 0.3) is 0 Å². The molecule has 0 saturated heterocycles. The molecule has 1 fully saturated rings. The fraction of sp³-hybridized carbons (Fsp3) is 0.533. The van der Waals surface area contributed by atoms with Gasteiger partial charge in [-0.1, -0.05) is 19.1 Å². The van der Waals surface area contributed by atoms with Crippen molar-refractivity contribution in [1.29, 1.82) is 0 Å². The van der Waals surface area contributed by atoms with Crippen molar-refractivity contribution in [2.45, 2.75) is 38.0 Å². The minimum atomic E-state index is -0.473. The molecule has 1 aromatic carbocycles. The van der Waals surface area contributed by atoms with Gasteiger partial charge < -0.3 is 10.4 Å². The molecule has 0 aliphatic heterocycles. The fourth-order valence-electron chi connectivity index (χ4n) is 2.44. The van der Waals surface area contributed by atoms with Crippen LogP contribution in [0.1, 0.15) is 31.7 Å². The van der Waals surface area contributed by atoms with Crippen LogP contribution in [0.4, 0.5) is 5.69 Å². The molecule has 2 atom stereocenters. The largest absolute Gasteiger partial charge is 0.392 e. The molecule has 0 heterocycles. The van der Waals surface area contributed by atoms with E-state index < -0.39 is 6.10 Å². The van der Waals surface area contributed by atoms with E-state index in [0.717, 1.165) is 36.5 Å². The van der Waals surface area contributed by atoms with Gasteiger partial charge in [-0.3, -0.25) is 4.79 Å². The quantitative estimate of drug-likeness (QED) is 0.871. The third-order valence-corrected chi connectivity index (χ3v) is 4.43. The lowest BCUT2D eigenvalue weighted by Gasteiger charge is -2.14. The van der Waals surface area contributed by atoms with Gasteiger partial charge >= 0.3 is 0 Å². The van der Waals surface area contributed by atoms with E-state index in [0.29, 0.717) is 0 Å². The molecule has 1 amide bonds. The molecular formula is C15H21NO2S. The van der Waals surface area contributed by atoms with Gasteiger partial charge in [0.1, 0.15) is 0 Å². The lowest BCUT2D eigenvalue weighted by Crippen LogP contribution is -2.28. The predicted octanol–water partition coefficient (Wildman–Crippen LogP) is 3.04. The van der Waals surface area contributed by atoms with Crippen LogP contribution in [0, 0.1) is 5.92 Å². The normalized spacial score (nSPS) is 22.4. The van der Waals surface area contributed by atoms with Gasteiger partial charge in [0.2, 0.25) is 5.91 Å². The van der Waals surface area contributed by atoms with Crippen LogP contribution in [0.5, 0.6) is 0 Å². The summed E-state index contributed by atoms with van der Waals surface area (Å²) >= 11 is 1.86. The Kier molecular flexibility index (Phi) is 5.28. The molecule has 3 nitrogen and oxygen atoms in total. The van der Waals surface area contributed by atoms with Crippen molar-refractivity contribution in [3.8, 4) is 0 Å². The first-order valence-corrected chi connectivity index (χ1v) is 8.01. The Bertz CT molecular complexity index is 436. The van der Waals surface area contributed by atoms with Crippen molar-refractivity contribution in [2.75, 3.05) is 11.1 Å². The zero-order valence-corrected chi connectivity index (χ0v) is 12.1. The van der Waals surface area contributed by atoms with E-state index in [2.05, 4.69) is 18.3 Å². The SMILES string of the molecule is CCSCc1cccc(NC(=O)C2CCCC2O)c1. The zero-order valence-electron chi connectivity index (χ0n) is 11.3. The van der Waals surface area contributed by atoms with Crippen molar-refractivity contribution in [3.05, 3.63) is 29.8 Å². The van der Waals surface area contributed by atoms with E-state index in [1.807, 2.05) is 30.0 Å². The number of aliphatic hydroxyl groups excluding tert-OH is 1. The Hall–Kier alpha value is -1.00. The lowest BCUT2D eigenvalue weighted by atomic mass is 10.1. The van der Waals surface area contributed by atoms with Gasteiger partial charge in [-0.25, -0.2) is 0 Å². The summed E-state index contributed by atoms with van der Waals surface area (Å²) < 4.78 is 0. The summed E-state index contributed by atoms with van der Waals surface area (Å²) in [6.45, 7) is 2.14. The first-order valence-electron chi connectivity index (χ1n) is 6.86.